The zero-order valence-corrected chi connectivity index (χ0v) is 9.61. The number of hydrogen-bond donors (Lipinski definition) is 2. The van der Waals surface area contributed by atoms with Crippen LogP contribution in [0.5, 0.6) is 0 Å². The lowest BCUT2D eigenvalue weighted by atomic mass is 10.2. The van der Waals surface area contributed by atoms with Crippen molar-refractivity contribution in [3.05, 3.63) is 53.3 Å². The Morgan fingerprint density at radius 1 is 1.29 bits per heavy atom. The third-order valence-corrected chi connectivity index (χ3v) is 2.50. The van der Waals surface area contributed by atoms with Gasteiger partial charge >= 0.3 is 0 Å². The summed E-state index contributed by atoms with van der Waals surface area (Å²) in [5.74, 6) is -0.285. The van der Waals surface area contributed by atoms with Crippen LogP contribution in [0.1, 0.15) is 10.5 Å². The molecule has 2 aromatic rings. The molecule has 86 valence electrons. The molecule has 0 aliphatic rings. The Morgan fingerprint density at radius 2 is 2.12 bits per heavy atom. The Balaban J connectivity index is 2.16. The Hall–Kier alpha value is -2.07. The number of nitrogens with two attached hydrogens (primary N) is 1. The molecule has 2 rings (SSSR count). The number of hydrogen-bond acceptors (Lipinski definition) is 3. The molecule has 0 bridgehead atoms. The molecule has 4 nitrogen and oxygen atoms in total. The van der Waals surface area contributed by atoms with Gasteiger partial charge in [0.05, 0.1) is 10.7 Å². The highest BCUT2D eigenvalue weighted by atomic mass is 35.5. The van der Waals surface area contributed by atoms with Gasteiger partial charge in [-0.1, -0.05) is 17.7 Å². The van der Waals surface area contributed by atoms with Crippen LogP contribution in [-0.4, -0.2) is 10.9 Å². The summed E-state index contributed by atoms with van der Waals surface area (Å²) in [4.78, 5) is 15.7. The molecule has 1 aromatic heterocycles. The van der Waals surface area contributed by atoms with Gasteiger partial charge in [-0.15, -0.1) is 0 Å². The Morgan fingerprint density at radius 3 is 2.76 bits per heavy atom. The number of pyridine rings is 1. The molecule has 1 aromatic carbocycles. The summed E-state index contributed by atoms with van der Waals surface area (Å²) in [7, 11) is 0. The van der Waals surface area contributed by atoms with Crippen molar-refractivity contribution in [1.29, 1.82) is 0 Å². The second kappa shape index (κ2) is 4.84. The quantitative estimate of drug-likeness (QED) is 0.802. The van der Waals surface area contributed by atoms with E-state index in [4.69, 9.17) is 17.3 Å². The highest BCUT2D eigenvalue weighted by Crippen LogP contribution is 2.22. The molecule has 3 N–H and O–H groups in total. The van der Waals surface area contributed by atoms with Gasteiger partial charge in [0, 0.05) is 11.9 Å². The van der Waals surface area contributed by atoms with E-state index in [1.165, 1.54) is 0 Å². The molecule has 17 heavy (non-hydrogen) atoms. The van der Waals surface area contributed by atoms with E-state index in [1.807, 2.05) is 0 Å². The van der Waals surface area contributed by atoms with Crippen LogP contribution in [0.4, 0.5) is 11.4 Å². The van der Waals surface area contributed by atoms with E-state index in [1.54, 1.807) is 42.6 Å². The van der Waals surface area contributed by atoms with Crippen LogP contribution >= 0.6 is 11.6 Å². The Kier molecular flexibility index (Phi) is 3.25. The number of nitrogens with zero attached hydrogens (tertiary/aromatic N) is 1. The molecular weight excluding hydrogens is 238 g/mol. The van der Waals surface area contributed by atoms with Crippen molar-refractivity contribution in [2.24, 2.45) is 0 Å². The first-order chi connectivity index (χ1) is 8.16. The number of rotatable bonds is 2. The minimum atomic E-state index is -0.285. The van der Waals surface area contributed by atoms with Gasteiger partial charge in [-0.3, -0.25) is 9.78 Å². The summed E-state index contributed by atoms with van der Waals surface area (Å²) in [6.45, 7) is 0. The predicted molar refractivity (Wildman–Crippen MR) is 68.1 cm³/mol. The highest BCUT2D eigenvalue weighted by molar-refractivity contribution is 6.33. The van der Waals surface area contributed by atoms with Crippen molar-refractivity contribution >= 4 is 28.9 Å². The highest BCUT2D eigenvalue weighted by Gasteiger charge is 2.07. The lowest BCUT2D eigenvalue weighted by Gasteiger charge is -2.06. The molecule has 0 radical (unpaired) electrons. The van der Waals surface area contributed by atoms with Crippen molar-refractivity contribution in [3.8, 4) is 0 Å². The molecule has 1 heterocycles. The van der Waals surface area contributed by atoms with Crippen molar-refractivity contribution in [2.45, 2.75) is 0 Å². The molecule has 0 atom stereocenters. The fourth-order valence-corrected chi connectivity index (χ4v) is 1.43. The fraction of sp³-hybridized carbons (Fsp3) is 0. The van der Waals surface area contributed by atoms with E-state index < -0.39 is 0 Å². The molecule has 0 aliphatic heterocycles. The Labute approximate surface area is 103 Å². The SMILES string of the molecule is Nc1cc(NC(=O)c2ccccn2)ccc1Cl. The topological polar surface area (TPSA) is 68.0 Å². The maximum absolute atomic E-state index is 11.8. The van der Waals surface area contributed by atoms with Crippen LogP contribution in [0.2, 0.25) is 5.02 Å². The first-order valence-corrected chi connectivity index (χ1v) is 5.32. The lowest BCUT2D eigenvalue weighted by molar-refractivity contribution is 0.102. The molecule has 1 amide bonds. The van der Waals surface area contributed by atoms with Crippen LogP contribution in [-0.2, 0) is 0 Å². The number of aromatic nitrogens is 1. The van der Waals surface area contributed by atoms with Gasteiger partial charge in [-0.25, -0.2) is 0 Å². The van der Waals surface area contributed by atoms with E-state index >= 15 is 0 Å². The van der Waals surface area contributed by atoms with Crippen molar-refractivity contribution in [2.75, 3.05) is 11.1 Å². The number of halogens is 1. The van der Waals surface area contributed by atoms with Crippen LogP contribution in [0.25, 0.3) is 0 Å². The first kappa shape index (κ1) is 11.4. The van der Waals surface area contributed by atoms with Gasteiger partial charge in [0.25, 0.3) is 5.91 Å². The molecule has 5 heteroatoms. The standard InChI is InChI=1S/C12H10ClN3O/c13-9-5-4-8(7-10(9)14)16-12(17)11-3-1-2-6-15-11/h1-7H,14H2,(H,16,17). The molecule has 0 aliphatic carbocycles. The first-order valence-electron chi connectivity index (χ1n) is 4.94. The van der Waals surface area contributed by atoms with Crippen LogP contribution in [0.15, 0.2) is 42.6 Å². The van der Waals surface area contributed by atoms with E-state index in [0.717, 1.165) is 0 Å². The summed E-state index contributed by atoms with van der Waals surface area (Å²) in [5.41, 5.74) is 6.99. The summed E-state index contributed by atoms with van der Waals surface area (Å²) >= 11 is 5.78. The second-order valence-electron chi connectivity index (χ2n) is 3.41. The van der Waals surface area contributed by atoms with Gasteiger partial charge in [-0.05, 0) is 30.3 Å². The minimum Gasteiger partial charge on any atom is -0.397 e. The van der Waals surface area contributed by atoms with E-state index in [-0.39, 0.29) is 5.91 Å². The van der Waals surface area contributed by atoms with Crippen molar-refractivity contribution in [1.82, 2.24) is 4.98 Å². The number of amides is 1. The smallest absolute Gasteiger partial charge is 0.274 e. The molecule has 0 fully saturated rings. The van der Waals surface area contributed by atoms with Gasteiger partial charge in [-0.2, -0.15) is 0 Å². The van der Waals surface area contributed by atoms with E-state index in [2.05, 4.69) is 10.3 Å². The third kappa shape index (κ3) is 2.73. The summed E-state index contributed by atoms with van der Waals surface area (Å²) < 4.78 is 0. The van der Waals surface area contributed by atoms with Gasteiger partial charge < -0.3 is 11.1 Å². The second-order valence-corrected chi connectivity index (χ2v) is 3.81. The number of benzene rings is 1. The zero-order chi connectivity index (χ0) is 12.3. The fourth-order valence-electron chi connectivity index (χ4n) is 1.31. The Bertz CT molecular complexity index is 543. The number of nitrogen functional groups attached to an aromatic ring is 1. The van der Waals surface area contributed by atoms with Gasteiger partial charge in [0.1, 0.15) is 5.69 Å². The molecule has 0 saturated carbocycles. The van der Waals surface area contributed by atoms with Crippen LogP contribution in [0.3, 0.4) is 0 Å². The lowest BCUT2D eigenvalue weighted by Crippen LogP contribution is -2.13. The molecule has 0 spiro atoms. The van der Waals surface area contributed by atoms with Gasteiger partial charge in [0.2, 0.25) is 0 Å². The third-order valence-electron chi connectivity index (χ3n) is 2.15. The van der Waals surface area contributed by atoms with Crippen molar-refractivity contribution in [3.63, 3.8) is 0 Å². The summed E-state index contributed by atoms with van der Waals surface area (Å²) in [6.07, 6.45) is 1.56. The normalized spacial score (nSPS) is 9.94. The van der Waals surface area contributed by atoms with E-state index in [9.17, 15) is 4.79 Å². The average molecular weight is 248 g/mol. The monoisotopic (exact) mass is 247 g/mol. The molecular formula is C12H10ClN3O. The summed E-state index contributed by atoms with van der Waals surface area (Å²) in [5, 5.41) is 3.15. The number of carbonyl (C=O) groups excluding carboxylic acids is 1. The maximum atomic E-state index is 11.8. The number of anilines is 2. The van der Waals surface area contributed by atoms with Crippen molar-refractivity contribution < 1.29 is 4.79 Å². The summed E-state index contributed by atoms with van der Waals surface area (Å²) in [6, 6.07) is 10.0. The zero-order valence-electron chi connectivity index (χ0n) is 8.85. The average Bonchev–Trinajstić information content (AvgIpc) is 2.35. The minimum absolute atomic E-state index is 0.285. The number of carbonyl (C=O) groups is 1. The molecule has 0 unspecified atom stereocenters. The molecule has 0 saturated heterocycles. The van der Waals surface area contributed by atoms with E-state index in [0.29, 0.717) is 22.1 Å². The largest absolute Gasteiger partial charge is 0.397 e. The van der Waals surface area contributed by atoms with Crippen LogP contribution < -0.4 is 11.1 Å². The predicted octanol–water partition coefficient (Wildman–Crippen LogP) is 2.57. The van der Waals surface area contributed by atoms with Crippen LogP contribution in [0, 0.1) is 0 Å². The van der Waals surface area contributed by atoms with Gasteiger partial charge in [0.15, 0.2) is 0 Å². The maximum Gasteiger partial charge on any atom is 0.274 e. The number of nitrogens with one attached hydrogen (secondary N) is 1.